The molecule has 0 atom stereocenters. The van der Waals surface area contributed by atoms with Crippen LogP contribution < -0.4 is 16.2 Å². The van der Waals surface area contributed by atoms with Gasteiger partial charge in [-0.3, -0.25) is 0 Å². The SMILES string of the molecule is Cc1cccc(C)c1-c1cc(-c2cc3ccccc3cc2Nc2ccc(-c3ccccc3)cc2)c2c(c1)-n1c3ccc(C(C)(C)C)cc3c3cc(C(C)(C)C)cc(c31)[B]2. The van der Waals surface area contributed by atoms with E-state index in [1.54, 1.807) is 0 Å². The van der Waals surface area contributed by atoms with Gasteiger partial charge in [0.05, 0.1) is 5.52 Å². The van der Waals surface area contributed by atoms with Crippen molar-refractivity contribution in [3.8, 4) is 39.1 Å². The summed E-state index contributed by atoms with van der Waals surface area (Å²) in [5.74, 6) is 0. The molecule has 0 amide bonds. The standard InChI is InChI=1S/C56H50BN2/c1-34-15-14-16-35(2)52(34)40-28-46(44-27-38-19-12-13-20-39(38)29-49(44)58-43-24-21-37(22-25-43)36-17-10-9-11-18-36)53-51(30-40)59-50-26-23-41(55(3,4)5)31-45(50)47-32-42(56(6,7)8)33-48(57-53)54(47)59/h9-33,58H,1-8H3. The Morgan fingerprint density at radius 3 is 1.85 bits per heavy atom. The van der Waals surface area contributed by atoms with E-state index in [1.807, 2.05) is 0 Å². The first-order chi connectivity index (χ1) is 28.3. The number of aromatic nitrogens is 1. The number of benzene rings is 8. The fourth-order valence-corrected chi connectivity index (χ4v) is 9.30. The molecule has 0 saturated heterocycles. The molecule has 0 fully saturated rings. The van der Waals surface area contributed by atoms with E-state index in [-0.39, 0.29) is 10.8 Å². The average molecular weight is 762 g/mol. The van der Waals surface area contributed by atoms with Gasteiger partial charge in [-0.2, -0.15) is 0 Å². The summed E-state index contributed by atoms with van der Waals surface area (Å²) in [5.41, 5.74) is 21.0. The van der Waals surface area contributed by atoms with Gasteiger partial charge in [0, 0.05) is 38.9 Å². The molecule has 59 heavy (non-hydrogen) atoms. The van der Waals surface area contributed by atoms with E-state index in [1.165, 1.54) is 105 Å². The molecule has 0 spiro atoms. The van der Waals surface area contributed by atoms with Gasteiger partial charge in [0.15, 0.2) is 7.28 Å². The van der Waals surface area contributed by atoms with Crippen molar-refractivity contribution in [3.63, 3.8) is 0 Å². The van der Waals surface area contributed by atoms with E-state index in [0.29, 0.717) is 0 Å². The topological polar surface area (TPSA) is 17.0 Å². The number of fused-ring (bicyclic) bond motifs is 6. The third-order valence-corrected chi connectivity index (χ3v) is 12.5. The Morgan fingerprint density at radius 1 is 0.508 bits per heavy atom. The second-order valence-corrected chi connectivity index (χ2v) is 18.7. The molecule has 0 unspecified atom stereocenters. The molecule has 1 aromatic heterocycles. The smallest absolute Gasteiger partial charge is 0.197 e. The van der Waals surface area contributed by atoms with Crippen LogP contribution in [-0.4, -0.2) is 11.8 Å². The summed E-state index contributed by atoms with van der Waals surface area (Å²) in [6.07, 6.45) is 0. The van der Waals surface area contributed by atoms with E-state index >= 15 is 0 Å². The zero-order valence-electron chi connectivity index (χ0n) is 35.5. The second kappa shape index (κ2) is 13.6. The van der Waals surface area contributed by atoms with Gasteiger partial charge in [-0.05, 0) is 146 Å². The van der Waals surface area contributed by atoms with E-state index in [2.05, 4.69) is 224 Å². The zero-order chi connectivity index (χ0) is 40.8. The Labute approximate surface area is 349 Å². The highest BCUT2D eigenvalue weighted by Crippen LogP contribution is 2.43. The summed E-state index contributed by atoms with van der Waals surface area (Å²) in [7, 11) is 2.48. The molecule has 8 aromatic carbocycles. The molecule has 1 N–H and O–H groups in total. The summed E-state index contributed by atoms with van der Waals surface area (Å²) >= 11 is 0. The van der Waals surface area contributed by atoms with Crippen LogP contribution in [0.5, 0.6) is 0 Å². The number of nitrogens with zero attached hydrogens (tertiary/aromatic N) is 1. The van der Waals surface area contributed by atoms with Crippen molar-refractivity contribution in [1.82, 2.24) is 4.57 Å². The monoisotopic (exact) mass is 761 g/mol. The molecule has 0 saturated carbocycles. The van der Waals surface area contributed by atoms with E-state index in [4.69, 9.17) is 0 Å². The van der Waals surface area contributed by atoms with Crippen LogP contribution in [0.2, 0.25) is 0 Å². The number of nitrogens with one attached hydrogen (secondary N) is 1. The number of hydrogen-bond acceptors (Lipinski definition) is 1. The van der Waals surface area contributed by atoms with Crippen molar-refractivity contribution >= 4 is 62.2 Å². The quantitative estimate of drug-likeness (QED) is 0.173. The van der Waals surface area contributed by atoms with E-state index in [0.717, 1.165) is 11.4 Å². The minimum atomic E-state index is -0.0184. The van der Waals surface area contributed by atoms with Crippen LogP contribution in [0.4, 0.5) is 11.4 Å². The Balaban J connectivity index is 1.27. The van der Waals surface area contributed by atoms with Crippen molar-refractivity contribution in [2.45, 2.75) is 66.2 Å². The Kier molecular flexibility index (Phi) is 8.55. The molecule has 3 heteroatoms. The Hall–Kier alpha value is -6.32. The third kappa shape index (κ3) is 6.36. The van der Waals surface area contributed by atoms with Crippen molar-refractivity contribution in [2.24, 2.45) is 0 Å². The van der Waals surface area contributed by atoms with Crippen LogP contribution >= 0.6 is 0 Å². The number of anilines is 2. The van der Waals surface area contributed by atoms with Crippen LogP contribution in [0, 0.1) is 13.8 Å². The Bertz CT molecular complexity index is 3100. The fraction of sp³-hybridized carbons (Fsp3) is 0.179. The number of aryl methyl sites for hydroxylation is 2. The van der Waals surface area contributed by atoms with Crippen molar-refractivity contribution in [1.29, 1.82) is 0 Å². The van der Waals surface area contributed by atoms with E-state index in [9.17, 15) is 0 Å². The average Bonchev–Trinajstić information content (AvgIpc) is 3.55. The molecule has 2 nitrogen and oxygen atoms in total. The fourth-order valence-electron chi connectivity index (χ4n) is 9.30. The summed E-state index contributed by atoms with van der Waals surface area (Å²) in [6.45, 7) is 18.4. The predicted octanol–water partition coefficient (Wildman–Crippen LogP) is 13.9. The molecule has 0 bridgehead atoms. The summed E-state index contributed by atoms with van der Waals surface area (Å²) in [6, 6.07) is 56.6. The van der Waals surface area contributed by atoms with Crippen LogP contribution in [0.25, 0.3) is 71.6 Å². The van der Waals surface area contributed by atoms with Gasteiger partial charge >= 0.3 is 0 Å². The normalized spacial score (nSPS) is 12.5. The lowest BCUT2D eigenvalue weighted by Crippen LogP contribution is -2.38. The molecule has 1 radical (unpaired) electrons. The molecular formula is C56H50BN2. The summed E-state index contributed by atoms with van der Waals surface area (Å²) in [5, 5.41) is 8.98. The van der Waals surface area contributed by atoms with Crippen LogP contribution in [0.1, 0.15) is 63.8 Å². The van der Waals surface area contributed by atoms with Crippen LogP contribution in [0.15, 0.2) is 152 Å². The molecule has 0 aliphatic carbocycles. The van der Waals surface area contributed by atoms with Gasteiger partial charge in [-0.25, -0.2) is 0 Å². The highest BCUT2D eigenvalue weighted by Gasteiger charge is 2.30. The highest BCUT2D eigenvalue weighted by molar-refractivity contribution is 6.73. The number of hydrogen-bond donors (Lipinski definition) is 1. The first-order valence-corrected chi connectivity index (χ1v) is 21.0. The van der Waals surface area contributed by atoms with Crippen LogP contribution in [0.3, 0.4) is 0 Å². The lowest BCUT2D eigenvalue weighted by Gasteiger charge is -2.28. The molecule has 1 aliphatic heterocycles. The predicted molar refractivity (Wildman–Crippen MR) is 256 cm³/mol. The van der Waals surface area contributed by atoms with E-state index < -0.39 is 0 Å². The zero-order valence-corrected chi connectivity index (χ0v) is 35.5. The number of rotatable bonds is 5. The van der Waals surface area contributed by atoms with Crippen molar-refractivity contribution in [3.05, 3.63) is 174 Å². The first kappa shape index (κ1) is 37.0. The summed E-state index contributed by atoms with van der Waals surface area (Å²) in [4.78, 5) is 0. The minimum absolute atomic E-state index is 0.0184. The molecule has 2 heterocycles. The molecule has 9 aromatic rings. The summed E-state index contributed by atoms with van der Waals surface area (Å²) < 4.78 is 2.57. The first-order valence-electron chi connectivity index (χ1n) is 21.0. The third-order valence-electron chi connectivity index (χ3n) is 12.5. The minimum Gasteiger partial charge on any atom is -0.355 e. The molecule has 1 aliphatic rings. The van der Waals surface area contributed by atoms with Gasteiger partial charge in [-0.15, -0.1) is 0 Å². The maximum absolute atomic E-state index is 3.92. The Morgan fingerprint density at radius 2 is 1.15 bits per heavy atom. The largest absolute Gasteiger partial charge is 0.355 e. The van der Waals surface area contributed by atoms with Crippen molar-refractivity contribution < 1.29 is 0 Å². The maximum atomic E-state index is 3.92. The van der Waals surface area contributed by atoms with Crippen molar-refractivity contribution in [2.75, 3.05) is 5.32 Å². The molecule has 10 rings (SSSR count). The van der Waals surface area contributed by atoms with Gasteiger partial charge in [0.1, 0.15) is 0 Å². The van der Waals surface area contributed by atoms with Gasteiger partial charge in [0.2, 0.25) is 0 Å². The van der Waals surface area contributed by atoms with Gasteiger partial charge < -0.3 is 9.88 Å². The lowest BCUT2D eigenvalue weighted by atomic mass is 9.58. The maximum Gasteiger partial charge on any atom is 0.197 e. The van der Waals surface area contributed by atoms with Gasteiger partial charge in [0.25, 0.3) is 0 Å². The second-order valence-electron chi connectivity index (χ2n) is 18.7. The van der Waals surface area contributed by atoms with Crippen LogP contribution in [-0.2, 0) is 10.8 Å². The van der Waals surface area contributed by atoms with Gasteiger partial charge in [-0.1, -0.05) is 144 Å². The highest BCUT2D eigenvalue weighted by atomic mass is 15.0. The molecule has 287 valence electrons. The molecular weight excluding hydrogens is 711 g/mol. The lowest BCUT2D eigenvalue weighted by molar-refractivity contribution is 0.590.